The van der Waals surface area contributed by atoms with E-state index in [0.29, 0.717) is 17.0 Å². The second-order valence-corrected chi connectivity index (χ2v) is 11.3. The summed E-state index contributed by atoms with van der Waals surface area (Å²) in [5.74, 6) is -1.30. The van der Waals surface area contributed by atoms with E-state index in [0.717, 1.165) is 23.8 Å². The predicted molar refractivity (Wildman–Crippen MR) is 129 cm³/mol. The molecule has 202 valence electrons. The van der Waals surface area contributed by atoms with Crippen molar-refractivity contribution in [3.8, 4) is 0 Å². The number of aromatic amines is 1. The van der Waals surface area contributed by atoms with Gasteiger partial charge in [-0.15, -0.1) is 0 Å². The van der Waals surface area contributed by atoms with Crippen LogP contribution in [0.3, 0.4) is 0 Å². The highest BCUT2D eigenvalue weighted by Gasteiger charge is 2.59. The number of carbonyl (C=O) groups excluding carboxylic acids is 1. The minimum absolute atomic E-state index is 0.0575. The minimum atomic E-state index is -4.13. The first-order valence-electron chi connectivity index (χ1n) is 11.6. The first-order chi connectivity index (χ1) is 17.4. The number of benzene rings is 1. The molecule has 2 aliphatic heterocycles. The number of halogens is 2. The van der Waals surface area contributed by atoms with E-state index in [2.05, 4.69) is 0 Å². The van der Waals surface area contributed by atoms with Crippen LogP contribution in [-0.2, 0) is 32.4 Å². The van der Waals surface area contributed by atoms with E-state index < -0.39 is 67.8 Å². The molecule has 11 nitrogen and oxygen atoms in total. The van der Waals surface area contributed by atoms with Crippen LogP contribution in [0.5, 0.6) is 0 Å². The molecule has 0 spiro atoms. The summed E-state index contributed by atoms with van der Waals surface area (Å²) in [6, 6.07) is 7.87. The number of esters is 1. The highest BCUT2D eigenvalue weighted by atomic mass is 35.5. The molecule has 4 rings (SSSR count). The zero-order valence-electron chi connectivity index (χ0n) is 20.3. The van der Waals surface area contributed by atoms with Gasteiger partial charge >= 0.3 is 19.5 Å². The fourth-order valence-electron chi connectivity index (χ4n) is 4.08. The molecule has 37 heavy (non-hydrogen) atoms. The fourth-order valence-corrected chi connectivity index (χ4v) is 5.67. The summed E-state index contributed by atoms with van der Waals surface area (Å²) >= 11 is 6.05. The molecule has 14 heteroatoms. The van der Waals surface area contributed by atoms with Crippen LogP contribution < -0.4 is 11.2 Å². The Morgan fingerprint density at radius 3 is 2.78 bits per heavy atom. The van der Waals surface area contributed by atoms with Gasteiger partial charge in [0.1, 0.15) is 6.10 Å². The van der Waals surface area contributed by atoms with Crippen LogP contribution in [0.15, 0.2) is 46.1 Å². The lowest BCUT2D eigenvalue weighted by Crippen LogP contribution is -2.46. The number of nitrogens with zero attached hydrogens (tertiary/aromatic N) is 1. The molecule has 1 aromatic heterocycles. The Morgan fingerprint density at radius 2 is 2.11 bits per heavy atom. The number of phosphoric acid groups is 1. The molecule has 0 saturated carbocycles. The van der Waals surface area contributed by atoms with Crippen molar-refractivity contribution in [2.45, 2.75) is 57.4 Å². The number of ether oxygens (including phenoxy) is 2. The van der Waals surface area contributed by atoms with Gasteiger partial charge < -0.3 is 9.47 Å². The zero-order valence-corrected chi connectivity index (χ0v) is 21.9. The Labute approximate surface area is 216 Å². The minimum Gasteiger partial charge on any atom is -0.456 e. The molecule has 2 aliphatic rings. The highest BCUT2D eigenvalue weighted by Crippen LogP contribution is 2.57. The van der Waals surface area contributed by atoms with Crippen molar-refractivity contribution in [2.24, 2.45) is 5.92 Å². The van der Waals surface area contributed by atoms with Gasteiger partial charge in [0.25, 0.3) is 5.56 Å². The van der Waals surface area contributed by atoms with Crippen molar-refractivity contribution in [2.75, 3.05) is 13.2 Å². The number of rotatable bonds is 7. The van der Waals surface area contributed by atoms with Crippen molar-refractivity contribution in [1.29, 1.82) is 0 Å². The molecule has 2 saturated heterocycles. The number of aromatic nitrogens is 2. The van der Waals surface area contributed by atoms with Crippen LogP contribution in [-0.4, -0.2) is 46.6 Å². The summed E-state index contributed by atoms with van der Waals surface area (Å²) in [6.45, 7) is 3.74. The molecule has 0 radical (unpaired) electrons. The molecule has 0 bridgehead atoms. The van der Waals surface area contributed by atoms with E-state index in [1.165, 1.54) is 0 Å². The van der Waals surface area contributed by atoms with Gasteiger partial charge in [-0.05, 0) is 24.6 Å². The van der Waals surface area contributed by atoms with Crippen LogP contribution in [0.25, 0.3) is 0 Å². The SMILES string of the molecule is CC(C)C(=O)O[C@@H]1[C@@H](COP2(=O)OCCC(c3cccc(Cl)c3)O2)O[C@@H](n2ccc(=O)[nH]c2=O)[C@]1(C)F. The third kappa shape index (κ3) is 6.05. The molecule has 1 N–H and O–H groups in total. The van der Waals surface area contributed by atoms with Gasteiger partial charge in [-0.25, -0.2) is 13.8 Å². The van der Waals surface area contributed by atoms with Crippen LogP contribution in [0.2, 0.25) is 5.02 Å². The molecule has 3 heterocycles. The second kappa shape index (κ2) is 10.8. The first kappa shape index (κ1) is 27.7. The average molecular weight is 561 g/mol. The molecule has 2 aromatic rings. The van der Waals surface area contributed by atoms with E-state index in [4.69, 9.17) is 34.6 Å². The summed E-state index contributed by atoms with van der Waals surface area (Å²) in [6.07, 6.45) is -3.61. The van der Waals surface area contributed by atoms with E-state index >= 15 is 4.39 Å². The maximum absolute atomic E-state index is 16.1. The molecule has 2 fully saturated rings. The monoisotopic (exact) mass is 560 g/mol. The number of alkyl halides is 1. The van der Waals surface area contributed by atoms with Crippen molar-refractivity contribution >= 4 is 25.4 Å². The standard InChI is InChI=1S/C23H27ClFN2O9P/c1-13(2)20(29)35-19-17(34-21(23(19,3)25)27-9-7-18(28)26-22(27)30)12-33-37(31)32-10-8-16(36-37)14-5-4-6-15(24)11-14/h4-7,9,11,13,16-17,19,21H,8,10,12H2,1-3H3,(H,26,28,30)/t16?,17-,19-,21-,23-,37?/m1/s1. The molecular formula is C23H27ClFN2O9P. The summed E-state index contributed by atoms with van der Waals surface area (Å²) in [4.78, 5) is 38.2. The third-order valence-corrected chi connectivity index (χ3v) is 7.71. The van der Waals surface area contributed by atoms with Gasteiger partial charge in [0.2, 0.25) is 0 Å². The quantitative estimate of drug-likeness (QED) is 0.397. The molecule has 1 aromatic carbocycles. The number of nitrogens with one attached hydrogen (secondary N) is 1. The Balaban J connectivity index is 1.56. The number of hydrogen-bond acceptors (Lipinski definition) is 9. The van der Waals surface area contributed by atoms with Crippen molar-refractivity contribution < 1.29 is 36.8 Å². The zero-order chi connectivity index (χ0) is 27.0. The van der Waals surface area contributed by atoms with Crippen LogP contribution in [0.4, 0.5) is 4.39 Å². The lowest BCUT2D eigenvalue weighted by atomic mass is 9.98. The Hall–Kier alpha value is -2.34. The molecule has 0 aliphatic carbocycles. The normalized spacial score (nSPS) is 31.9. The molecule has 2 unspecified atom stereocenters. The molecule has 6 atom stereocenters. The number of H-pyrrole nitrogens is 1. The number of hydrogen-bond donors (Lipinski definition) is 1. The van der Waals surface area contributed by atoms with Gasteiger partial charge in [-0.1, -0.05) is 37.6 Å². The van der Waals surface area contributed by atoms with Crippen molar-refractivity contribution in [3.05, 3.63) is 68.0 Å². The van der Waals surface area contributed by atoms with Gasteiger partial charge in [0.15, 0.2) is 18.0 Å². The lowest BCUT2D eigenvalue weighted by Gasteiger charge is -2.30. The lowest BCUT2D eigenvalue weighted by molar-refractivity contribution is -0.162. The topological polar surface area (TPSA) is 135 Å². The Kier molecular flexibility index (Phi) is 8.08. The first-order valence-corrected chi connectivity index (χ1v) is 13.4. The van der Waals surface area contributed by atoms with Crippen LogP contribution >= 0.6 is 19.4 Å². The van der Waals surface area contributed by atoms with Crippen LogP contribution in [0, 0.1) is 5.92 Å². The third-order valence-electron chi connectivity index (χ3n) is 6.00. The van der Waals surface area contributed by atoms with Crippen molar-refractivity contribution in [1.82, 2.24) is 9.55 Å². The fraction of sp³-hybridized carbons (Fsp3) is 0.522. The molecular weight excluding hydrogens is 534 g/mol. The van der Waals surface area contributed by atoms with E-state index in [-0.39, 0.29) is 6.61 Å². The Morgan fingerprint density at radius 1 is 1.35 bits per heavy atom. The number of carbonyl (C=O) groups is 1. The summed E-state index contributed by atoms with van der Waals surface area (Å²) in [5, 5.41) is 0.475. The largest absolute Gasteiger partial charge is 0.475 e. The smallest absolute Gasteiger partial charge is 0.456 e. The predicted octanol–water partition coefficient (Wildman–Crippen LogP) is 3.69. The summed E-state index contributed by atoms with van der Waals surface area (Å²) in [5.41, 5.74) is -3.36. The van der Waals surface area contributed by atoms with E-state index in [1.54, 1.807) is 38.1 Å². The van der Waals surface area contributed by atoms with Crippen molar-refractivity contribution in [3.63, 3.8) is 0 Å². The maximum Gasteiger partial charge on any atom is 0.475 e. The number of phosphoric ester groups is 1. The molecule has 0 amide bonds. The van der Waals surface area contributed by atoms with Gasteiger partial charge in [-0.3, -0.25) is 32.7 Å². The van der Waals surface area contributed by atoms with E-state index in [9.17, 15) is 18.9 Å². The summed E-state index contributed by atoms with van der Waals surface area (Å²) in [7, 11) is -4.13. The summed E-state index contributed by atoms with van der Waals surface area (Å²) < 4.78 is 57.7. The maximum atomic E-state index is 16.1. The highest BCUT2D eigenvalue weighted by molar-refractivity contribution is 7.48. The average Bonchev–Trinajstić information content (AvgIpc) is 3.07. The second-order valence-electron chi connectivity index (χ2n) is 9.22. The van der Waals surface area contributed by atoms with Gasteiger partial charge in [-0.2, -0.15) is 0 Å². The van der Waals surface area contributed by atoms with E-state index in [1.807, 2.05) is 4.98 Å². The van der Waals surface area contributed by atoms with Crippen LogP contribution in [0.1, 0.15) is 45.1 Å². The van der Waals surface area contributed by atoms with Gasteiger partial charge in [0.05, 0.1) is 25.2 Å². The van der Waals surface area contributed by atoms with Gasteiger partial charge in [0, 0.05) is 23.7 Å². The Bertz CT molecular complexity index is 1310.